The van der Waals surface area contributed by atoms with Crippen LogP contribution in [-0.4, -0.2) is 32.5 Å². The molecule has 33 heavy (non-hydrogen) atoms. The van der Waals surface area contributed by atoms with Crippen molar-refractivity contribution in [1.29, 1.82) is 0 Å². The van der Waals surface area contributed by atoms with Crippen LogP contribution in [-0.2, 0) is 17.4 Å². The van der Waals surface area contributed by atoms with Crippen molar-refractivity contribution in [3.8, 4) is 17.1 Å². The Balaban J connectivity index is 1.55. The van der Waals surface area contributed by atoms with Crippen molar-refractivity contribution in [2.24, 2.45) is 4.99 Å². The van der Waals surface area contributed by atoms with Gasteiger partial charge in [-0.15, -0.1) is 0 Å². The Hall–Kier alpha value is -3.63. The molecule has 3 heterocycles. The first-order valence-corrected chi connectivity index (χ1v) is 10.2. The monoisotopic (exact) mass is 459 g/mol. The molecule has 5 rings (SSSR count). The molecule has 1 aliphatic carbocycles. The number of halogens is 4. The summed E-state index contributed by atoms with van der Waals surface area (Å²) < 4.78 is 61.8. The predicted octanol–water partition coefficient (Wildman–Crippen LogP) is 2.76. The highest BCUT2D eigenvalue weighted by atomic mass is 19.4. The first-order chi connectivity index (χ1) is 15.7. The van der Waals surface area contributed by atoms with Crippen LogP contribution >= 0.6 is 0 Å². The Labute approximate surface area is 184 Å². The number of carbonyl (C=O) groups excluding carboxylic acids is 1. The number of alkyl halides is 3. The summed E-state index contributed by atoms with van der Waals surface area (Å²) >= 11 is 0. The molecule has 2 aliphatic rings. The minimum Gasteiger partial charge on any atom is -0.496 e. The number of benzene rings is 1. The smallest absolute Gasteiger partial charge is 0.434 e. The van der Waals surface area contributed by atoms with Crippen LogP contribution in [0.2, 0.25) is 0 Å². The number of carbonyl (C=O) groups is 1. The molecule has 1 aromatic carbocycles. The second-order valence-corrected chi connectivity index (χ2v) is 7.90. The van der Waals surface area contributed by atoms with Crippen LogP contribution in [0.15, 0.2) is 29.5 Å². The van der Waals surface area contributed by atoms with Crippen LogP contribution in [0.1, 0.15) is 42.4 Å². The minimum atomic E-state index is -4.65. The first kappa shape index (κ1) is 21.2. The largest absolute Gasteiger partial charge is 0.496 e. The molecule has 1 saturated carbocycles. The molecule has 1 fully saturated rings. The Bertz CT molecular complexity index is 1390. The number of ether oxygens (including phenoxy) is 1. The molecule has 0 saturated heterocycles. The predicted molar refractivity (Wildman–Crippen MR) is 107 cm³/mol. The molecule has 1 amide bonds. The van der Waals surface area contributed by atoms with Crippen LogP contribution in [0.4, 0.5) is 17.6 Å². The van der Waals surface area contributed by atoms with E-state index < -0.39 is 17.7 Å². The van der Waals surface area contributed by atoms with E-state index in [9.17, 15) is 18.0 Å². The zero-order valence-corrected chi connectivity index (χ0v) is 17.4. The zero-order valence-electron chi connectivity index (χ0n) is 17.4. The van der Waals surface area contributed by atoms with Crippen LogP contribution in [0.25, 0.3) is 17.5 Å². The van der Waals surface area contributed by atoms with E-state index in [0.717, 1.165) is 6.20 Å². The van der Waals surface area contributed by atoms with Gasteiger partial charge in [0.1, 0.15) is 23.2 Å². The van der Waals surface area contributed by atoms with E-state index in [1.807, 2.05) is 0 Å². The second kappa shape index (κ2) is 7.75. The summed E-state index contributed by atoms with van der Waals surface area (Å²) in [7, 11) is 1.31. The standard InChI is InChI=1S/C22H17F4N5O2/c1-33-15-7-11(8-17-27-9-12-2-5-18(32)30-20(12)29-17)6-14(23)19(15)21-28-16(22(24,25)26)10-31(21)13-3-4-13/h2,6-7,9-10,13H,3-5,8H2,1H3. The summed E-state index contributed by atoms with van der Waals surface area (Å²) in [6.45, 7) is 0. The van der Waals surface area contributed by atoms with Crippen LogP contribution in [0, 0.1) is 5.82 Å². The maximum absolute atomic E-state index is 15.3. The van der Waals surface area contributed by atoms with Crippen LogP contribution in [0.3, 0.4) is 0 Å². The SMILES string of the molecule is COc1cc(Cc2ncc3c(n2)=NC(=O)CC=3)cc(F)c1-c1nc(C(F)(F)F)cn1C1CC1. The van der Waals surface area contributed by atoms with Gasteiger partial charge < -0.3 is 9.30 Å². The first-order valence-electron chi connectivity index (χ1n) is 10.2. The molecule has 0 atom stereocenters. The van der Waals surface area contributed by atoms with Crippen molar-refractivity contribution in [3.05, 3.63) is 58.1 Å². The summed E-state index contributed by atoms with van der Waals surface area (Å²) in [4.78, 5) is 27.6. The number of hydrogen-bond donors (Lipinski definition) is 0. The molecule has 0 bridgehead atoms. The Kier molecular flexibility index (Phi) is 4.98. The van der Waals surface area contributed by atoms with E-state index >= 15 is 4.39 Å². The van der Waals surface area contributed by atoms with Gasteiger partial charge in [-0.25, -0.2) is 19.3 Å². The molecule has 2 aromatic heterocycles. The maximum Gasteiger partial charge on any atom is 0.434 e. The number of nitrogens with zero attached hydrogens (tertiary/aromatic N) is 5. The van der Waals surface area contributed by atoms with Crippen molar-refractivity contribution in [2.75, 3.05) is 7.11 Å². The van der Waals surface area contributed by atoms with Crippen molar-refractivity contribution in [2.45, 2.75) is 37.9 Å². The lowest BCUT2D eigenvalue weighted by molar-refractivity contribution is -0.140. The van der Waals surface area contributed by atoms with E-state index in [4.69, 9.17) is 4.74 Å². The van der Waals surface area contributed by atoms with Gasteiger partial charge in [0.25, 0.3) is 5.91 Å². The van der Waals surface area contributed by atoms with Gasteiger partial charge in [-0.2, -0.15) is 18.2 Å². The van der Waals surface area contributed by atoms with Gasteiger partial charge in [-0.3, -0.25) is 4.79 Å². The maximum atomic E-state index is 15.3. The fraction of sp³-hybridized carbons (Fsp3) is 0.318. The van der Waals surface area contributed by atoms with Gasteiger partial charge in [-0.05, 0) is 30.5 Å². The molecule has 1 aliphatic heterocycles. The summed E-state index contributed by atoms with van der Waals surface area (Å²) in [5, 5.41) is 0.643. The van der Waals surface area contributed by atoms with E-state index in [1.54, 1.807) is 12.3 Å². The molecule has 0 unspecified atom stereocenters. The number of imidazole rings is 1. The quantitative estimate of drug-likeness (QED) is 0.548. The second-order valence-electron chi connectivity index (χ2n) is 7.90. The third-order valence-electron chi connectivity index (χ3n) is 5.46. The van der Waals surface area contributed by atoms with Gasteiger partial charge in [-0.1, -0.05) is 6.08 Å². The lowest BCUT2D eigenvalue weighted by Gasteiger charge is -2.13. The van der Waals surface area contributed by atoms with Gasteiger partial charge >= 0.3 is 6.18 Å². The van der Waals surface area contributed by atoms with E-state index in [0.29, 0.717) is 29.4 Å². The molecule has 170 valence electrons. The van der Waals surface area contributed by atoms with Gasteiger partial charge in [0.05, 0.1) is 12.7 Å². The summed E-state index contributed by atoms with van der Waals surface area (Å²) in [5.41, 5.74) is -0.510. The lowest BCUT2D eigenvalue weighted by atomic mass is 10.1. The fourth-order valence-electron chi connectivity index (χ4n) is 3.74. The molecular weight excluding hydrogens is 442 g/mol. The molecule has 0 N–H and O–H groups in total. The van der Waals surface area contributed by atoms with E-state index in [-0.39, 0.29) is 47.4 Å². The molecular formula is C22H17F4N5O2. The number of methoxy groups -OCH3 is 1. The summed E-state index contributed by atoms with van der Waals surface area (Å²) in [5.74, 6) is -0.833. The van der Waals surface area contributed by atoms with E-state index in [2.05, 4.69) is 19.9 Å². The highest BCUT2D eigenvalue weighted by molar-refractivity contribution is 5.82. The van der Waals surface area contributed by atoms with Crippen LogP contribution < -0.4 is 15.4 Å². The number of rotatable bonds is 5. The fourth-order valence-corrected chi connectivity index (χ4v) is 3.74. The average molecular weight is 459 g/mol. The van der Waals surface area contributed by atoms with Crippen molar-refractivity contribution < 1.29 is 27.1 Å². The van der Waals surface area contributed by atoms with Gasteiger partial charge in [0.15, 0.2) is 11.2 Å². The summed E-state index contributed by atoms with van der Waals surface area (Å²) in [6.07, 6.45) is 1.19. The Morgan fingerprint density at radius 3 is 2.70 bits per heavy atom. The van der Waals surface area contributed by atoms with Gasteiger partial charge in [0.2, 0.25) is 0 Å². The highest BCUT2D eigenvalue weighted by Crippen LogP contribution is 2.43. The van der Waals surface area contributed by atoms with Crippen molar-refractivity contribution in [3.63, 3.8) is 0 Å². The Morgan fingerprint density at radius 1 is 1.21 bits per heavy atom. The van der Waals surface area contributed by atoms with Crippen molar-refractivity contribution in [1.82, 2.24) is 19.5 Å². The third kappa shape index (κ3) is 4.10. The molecule has 0 radical (unpaired) electrons. The molecule has 0 spiro atoms. The molecule has 11 heteroatoms. The molecule has 3 aromatic rings. The lowest BCUT2D eigenvalue weighted by Crippen LogP contribution is -2.34. The third-order valence-corrected chi connectivity index (χ3v) is 5.46. The van der Waals surface area contributed by atoms with E-state index in [1.165, 1.54) is 23.8 Å². The zero-order chi connectivity index (χ0) is 23.3. The van der Waals surface area contributed by atoms with Gasteiger partial charge in [0, 0.05) is 36.5 Å². The van der Waals surface area contributed by atoms with Crippen molar-refractivity contribution >= 4 is 12.0 Å². The normalized spacial score (nSPS) is 15.6. The summed E-state index contributed by atoms with van der Waals surface area (Å²) in [6, 6.07) is 2.57. The topological polar surface area (TPSA) is 82.3 Å². The minimum absolute atomic E-state index is 0.0531. The highest BCUT2D eigenvalue weighted by Gasteiger charge is 2.38. The number of hydrogen-bond acceptors (Lipinski definition) is 5. The van der Waals surface area contributed by atoms with Crippen LogP contribution in [0.5, 0.6) is 5.75 Å². The average Bonchev–Trinajstić information content (AvgIpc) is 3.50. The molecule has 7 nitrogen and oxygen atoms in total. The number of aromatic nitrogens is 4. The number of amides is 1. The Morgan fingerprint density at radius 2 is 2.00 bits per heavy atom. The number of fused-ring (bicyclic) bond motifs is 1.